The third-order valence-corrected chi connectivity index (χ3v) is 4.54. The van der Waals surface area contributed by atoms with Gasteiger partial charge < -0.3 is 4.74 Å². The van der Waals surface area contributed by atoms with E-state index in [0.717, 1.165) is 17.2 Å². The van der Waals surface area contributed by atoms with Crippen LogP contribution < -0.4 is 4.74 Å². The van der Waals surface area contributed by atoms with Crippen molar-refractivity contribution in [3.8, 4) is 34.1 Å². The minimum absolute atomic E-state index is 0.0356. The molecule has 0 atom stereocenters. The van der Waals surface area contributed by atoms with Crippen LogP contribution >= 0.6 is 0 Å². The molecule has 4 rings (SSSR count). The van der Waals surface area contributed by atoms with Crippen LogP contribution in [0.15, 0.2) is 79.3 Å². The van der Waals surface area contributed by atoms with Crippen LogP contribution in [-0.2, 0) is 6.18 Å². The van der Waals surface area contributed by atoms with Gasteiger partial charge in [0.05, 0.1) is 12.7 Å². The molecule has 0 saturated heterocycles. The van der Waals surface area contributed by atoms with Gasteiger partial charge in [0, 0.05) is 41.5 Å². The number of halogens is 3. The molecule has 0 radical (unpaired) electrons. The van der Waals surface area contributed by atoms with Crippen molar-refractivity contribution >= 4 is 0 Å². The van der Waals surface area contributed by atoms with Crippen molar-refractivity contribution < 1.29 is 17.9 Å². The topological polar surface area (TPSA) is 39.9 Å². The number of rotatable bonds is 4. The molecule has 0 aliphatic heterocycles. The van der Waals surface area contributed by atoms with E-state index in [-0.39, 0.29) is 11.4 Å². The molecule has 0 fully saturated rings. The molecule has 4 nitrogen and oxygen atoms in total. The fourth-order valence-corrected chi connectivity index (χ4v) is 3.12. The third kappa shape index (κ3) is 3.71. The number of pyridine rings is 1. The number of imidazole rings is 1. The summed E-state index contributed by atoms with van der Waals surface area (Å²) in [5.41, 5.74) is 1.87. The second-order valence-electron chi connectivity index (χ2n) is 6.30. The smallest absolute Gasteiger partial charge is 0.417 e. The molecule has 2 heterocycles. The molecule has 2 aromatic heterocycles. The summed E-state index contributed by atoms with van der Waals surface area (Å²) in [6.07, 6.45) is 0.380. The Bertz CT molecular complexity index is 1120. The molecular formula is C22H16F3N3O. The van der Waals surface area contributed by atoms with Crippen molar-refractivity contribution in [3.63, 3.8) is 0 Å². The first kappa shape index (κ1) is 18.7. The van der Waals surface area contributed by atoms with Crippen LogP contribution in [0.3, 0.4) is 0 Å². The molecule has 0 spiro atoms. The maximum Gasteiger partial charge on any atom is 0.417 e. The van der Waals surface area contributed by atoms with E-state index in [2.05, 4.69) is 9.97 Å². The van der Waals surface area contributed by atoms with Gasteiger partial charge in [-0.05, 0) is 29.8 Å². The third-order valence-electron chi connectivity index (χ3n) is 4.54. The molecule has 0 bridgehead atoms. The summed E-state index contributed by atoms with van der Waals surface area (Å²) in [5, 5.41) is 0. The lowest BCUT2D eigenvalue weighted by atomic mass is 10.1. The standard InChI is InChI=1S/C22H16F3N3O/c1-29-20-11-8-16(14-27-20)15-6-9-17(10-7-15)28-13-12-26-21(28)18-4-2-3-5-19(18)22(23,24)25/h2-14H,1H3. The molecule has 0 aliphatic carbocycles. The number of alkyl halides is 3. The Balaban J connectivity index is 1.71. The monoisotopic (exact) mass is 395 g/mol. The number of ether oxygens (including phenoxy) is 1. The number of aromatic nitrogens is 3. The number of methoxy groups -OCH3 is 1. The summed E-state index contributed by atoms with van der Waals surface area (Å²) in [7, 11) is 1.55. The van der Waals surface area contributed by atoms with E-state index in [4.69, 9.17) is 4.74 Å². The predicted molar refractivity (Wildman–Crippen MR) is 104 cm³/mol. The fraction of sp³-hybridized carbons (Fsp3) is 0.0909. The Kier molecular flexibility index (Phi) is 4.80. The van der Waals surface area contributed by atoms with Crippen LogP contribution in [0, 0.1) is 0 Å². The molecule has 0 unspecified atom stereocenters. The summed E-state index contributed by atoms with van der Waals surface area (Å²) in [6.45, 7) is 0. The van der Waals surface area contributed by atoms with Gasteiger partial charge in [0.2, 0.25) is 5.88 Å². The maximum absolute atomic E-state index is 13.4. The van der Waals surface area contributed by atoms with Crippen LogP contribution in [0.25, 0.3) is 28.2 Å². The van der Waals surface area contributed by atoms with Crippen LogP contribution in [-0.4, -0.2) is 21.6 Å². The quantitative estimate of drug-likeness (QED) is 0.450. The normalized spacial score (nSPS) is 11.4. The second-order valence-corrected chi connectivity index (χ2v) is 6.30. The summed E-state index contributed by atoms with van der Waals surface area (Å²) in [4.78, 5) is 8.36. The Labute approximate surface area is 165 Å². The van der Waals surface area contributed by atoms with Crippen molar-refractivity contribution in [1.82, 2.24) is 14.5 Å². The fourth-order valence-electron chi connectivity index (χ4n) is 3.12. The predicted octanol–water partition coefficient (Wildman–Crippen LogP) is 5.63. The average Bonchev–Trinajstić information content (AvgIpc) is 3.23. The molecule has 0 N–H and O–H groups in total. The molecule has 146 valence electrons. The van der Waals surface area contributed by atoms with E-state index in [1.165, 1.54) is 18.3 Å². The highest BCUT2D eigenvalue weighted by Crippen LogP contribution is 2.37. The van der Waals surface area contributed by atoms with Gasteiger partial charge in [-0.15, -0.1) is 0 Å². The van der Waals surface area contributed by atoms with Crippen molar-refractivity contribution in [2.24, 2.45) is 0 Å². The lowest BCUT2D eigenvalue weighted by molar-refractivity contribution is -0.137. The molecule has 0 aliphatic rings. The van der Waals surface area contributed by atoms with Crippen molar-refractivity contribution in [2.45, 2.75) is 6.18 Å². The zero-order chi connectivity index (χ0) is 20.4. The van der Waals surface area contributed by atoms with E-state index in [9.17, 15) is 13.2 Å². The zero-order valence-electron chi connectivity index (χ0n) is 15.4. The Morgan fingerprint density at radius 1 is 0.862 bits per heavy atom. The number of benzene rings is 2. The van der Waals surface area contributed by atoms with Gasteiger partial charge in [-0.3, -0.25) is 4.57 Å². The summed E-state index contributed by atoms with van der Waals surface area (Å²) < 4.78 is 47.0. The summed E-state index contributed by atoms with van der Waals surface area (Å²) >= 11 is 0. The van der Waals surface area contributed by atoms with Crippen LogP contribution in [0.2, 0.25) is 0 Å². The lowest BCUT2D eigenvalue weighted by Crippen LogP contribution is -2.08. The summed E-state index contributed by atoms with van der Waals surface area (Å²) in [5.74, 6) is 0.758. The number of hydrogen-bond acceptors (Lipinski definition) is 3. The van der Waals surface area contributed by atoms with E-state index < -0.39 is 11.7 Å². The first-order valence-electron chi connectivity index (χ1n) is 8.78. The summed E-state index contributed by atoms with van der Waals surface area (Å²) in [6, 6.07) is 16.5. The van der Waals surface area contributed by atoms with Gasteiger partial charge in [0.1, 0.15) is 5.82 Å². The molecule has 0 amide bonds. The minimum Gasteiger partial charge on any atom is -0.481 e. The first-order valence-corrected chi connectivity index (χ1v) is 8.78. The second kappa shape index (κ2) is 7.43. The highest BCUT2D eigenvalue weighted by molar-refractivity contribution is 5.67. The van der Waals surface area contributed by atoms with Crippen molar-refractivity contribution in [3.05, 3.63) is 84.8 Å². The van der Waals surface area contributed by atoms with E-state index in [0.29, 0.717) is 11.6 Å². The average molecular weight is 395 g/mol. The van der Waals surface area contributed by atoms with Crippen LogP contribution in [0.5, 0.6) is 5.88 Å². The highest BCUT2D eigenvalue weighted by atomic mass is 19.4. The lowest BCUT2D eigenvalue weighted by Gasteiger charge is -2.14. The molecule has 2 aromatic carbocycles. The molecule has 4 aromatic rings. The molecule has 29 heavy (non-hydrogen) atoms. The zero-order valence-corrected chi connectivity index (χ0v) is 15.4. The Morgan fingerprint density at radius 2 is 1.59 bits per heavy atom. The maximum atomic E-state index is 13.4. The number of hydrogen-bond donors (Lipinski definition) is 0. The van der Waals surface area contributed by atoms with E-state index >= 15 is 0 Å². The first-order chi connectivity index (χ1) is 14.0. The van der Waals surface area contributed by atoms with Crippen LogP contribution in [0.4, 0.5) is 13.2 Å². The van der Waals surface area contributed by atoms with Gasteiger partial charge in [-0.25, -0.2) is 9.97 Å². The largest absolute Gasteiger partial charge is 0.481 e. The van der Waals surface area contributed by atoms with Crippen LogP contribution in [0.1, 0.15) is 5.56 Å². The van der Waals surface area contributed by atoms with Gasteiger partial charge in [-0.2, -0.15) is 13.2 Å². The van der Waals surface area contributed by atoms with Crippen molar-refractivity contribution in [1.29, 1.82) is 0 Å². The van der Waals surface area contributed by atoms with Gasteiger partial charge in [-0.1, -0.05) is 30.3 Å². The van der Waals surface area contributed by atoms with Crippen molar-refractivity contribution in [2.75, 3.05) is 7.11 Å². The van der Waals surface area contributed by atoms with E-state index in [1.807, 2.05) is 30.3 Å². The minimum atomic E-state index is -4.46. The van der Waals surface area contributed by atoms with Gasteiger partial charge in [0.15, 0.2) is 0 Å². The number of nitrogens with zero attached hydrogens (tertiary/aromatic N) is 3. The molecular weight excluding hydrogens is 379 g/mol. The SMILES string of the molecule is COc1ccc(-c2ccc(-n3ccnc3-c3ccccc3C(F)(F)F)cc2)cn1. The molecule has 7 heteroatoms. The van der Waals surface area contributed by atoms with Gasteiger partial charge >= 0.3 is 6.18 Å². The Hall–Kier alpha value is -3.61. The highest BCUT2D eigenvalue weighted by Gasteiger charge is 2.34. The van der Waals surface area contributed by atoms with Gasteiger partial charge in [0.25, 0.3) is 0 Å². The molecule has 0 saturated carbocycles. The Morgan fingerprint density at radius 3 is 2.24 bits per heavy atom. The van der Waals surface area contributed by atoms with E-state index in [1.54, 1.807) is 36.2 Å².